The SMILES string of the molecule is COc1nccnc1C(NN)c1cccc(F)c1Br. The Kier molecular flexibility index (Phi) is 4.41. The predicted molar refractivity (Wildman–Crippen MR) is 71.9 cm³/mol. The molecule has 0 amide bonds. The lowest BCUT2D eigenvalue weighted by atomic mass is 10.0. The maximum Gasteiger partial charge on any atom is 0.237 e. The lowest BCUT2D eigenvalue weighted by Crippen LogP contribution is -2.30. The summed E-state index contributed by atoms with van der Waals surface area (Å²) in [4.78, 5) is 8.25. The van der Waals surface area contributed by atoms with Crippen LogP contribution in [0.15, 0.2) is 35.1 Å². The fourth-order valence-electron chi connectivity index (χ4n) is 1.75. The average molecular weight is 327 g/mol. The monoisotopic (exact) mass is 326 g/mol. The summed E-state index contributed by atoms with van der Waals surface area (Å²) in [6.45, 7) is 0. The van der Waals surface area contributed by atoms with Gasteiger partial charge in [0.1, 0.15) is 11.5 Å². The summed E-state index contributed by atoms with van der Waals surface area (Å²) in [6.07, 6.45) is 3.03. The van der Waals surface area contributed by atoms with Crippen LogP contribution in [-0.4, -0.2) is 17.1 Å². The molecule has 1 atom stereocenters. The van der Waals surface area contributed by atoms with Gasteiger partial charge in [-0.05, 0) is 27.6 Å². The van der Waals surface area contributed by atoms with Crippen molar-refractivity contribution in [3.63, 3.8) is 0 Å². The Morgan fingerprint density at radius 2 is 2.11 bits per heavy atom. The quantitative estimate of drug-likeness (QED) is 0.663. The van der Waals surface area contributed by atoms with Crippen molar-refractivity contribution < 1.29 is 9.13 Å². The summed E-state index contributed by atoms with van der Waals surface area (Å²) >= 11 is 3.21. The molecule has 2 aromatic rings. The van der Waals surface area contributed by atoms with Crippen molar-refractivity contribution in [2.75, 3.05) is 7.11 Å². The fraction of sp³-hybridized carbons (Fsp3) is 0.167. The lowest BCUT2D eigenvalue weighted by Gasteiger charge is -2.18. The highest BCUT2D eigenvalue weighted by Gasteiger charge is 2.22. The molecular formula is C12H12BrFN4O. The van der Waals surface area contributed by atoms with Crippen molar-refractivity contribution in [3.05, 3.63) is 52.1 Å². The maximum absolute atomic E-state index is 13.6. The number of aromatic nitrogens is 2. The van der Waals surface area contributed by atoms with Gasteiger partial charge >= 0.3 is 0 Å². The first-order valence-electron chi connectivity index (χ1n) is 5.44. The number of nitrogens with zero attached hydrogens (tertiary/aromatic N) is 2. The summed E-state index contributed by atoms with van der Waals surface area (Å²) in [5, 5.41) is 0. The van der Waals surface area contributed by atoms with Crippen molar-refractivity contribution in [1.29, 1.82) is 0 Å². The third-order valence-electron chi connectivity index (χ3n) is 2.62. The number of nitrogens with one attached hydrogen (secondary N) is 1. The van der Waals surface area contributed by atoms with E-state index in [0.29, 0.717) is 21.6 Å². The minimum absolute atomic E-state index is 0.325. The van der Waals surface area contributed by atoms with Crippen molar-refractivity contribution >= 4 is 15.9 Å². The predicted octanol–water partition coefficient (Wildman–Crippen LogP) is 1.94. The molecular weight excluding hydrogens is 315 g/mol. The number of hydrogen-bond acceptors (Lipinski definition) is 5. The Morgan fingerprint density at radius 1 is 1.37 bits per heavy atom. The summed E-state index contributed by atoms with van der Waals surface area (Å²) < 4.78 is 19.1. The Bertz CT molecular complexity index is 581. The van der Waals surface area contributed by atoms with Crippen LogP contribution in [-0.2, 0) is 0 Å². The minimum Gasteiger partial charge on any atom is -0.480 e. The van der Waals surface area contributed by atoms with E-state index in [1.54, 1.807) is 12.1 Å². The molecule has 0 aliphatic carbocycles. The van der Waals surface area contributed by atoms with E-state index >= 15 is 0 Å². The van der Waals surface area contributed by atoms with Gasteiger partial charge in [0.2, 0.25) is 5.88 Å². The molecule has 1 heterocycles. The van der Waals surface area contributed by atoms with Crippen molar-refractivity contribution in [3.8, 4) is 5.88 Å². The Hall–Kier alpha value is -1.57. The molecule has 0 bridgehead atoms. The summed E-state index contributed by atoms with van der Waals surface area (Å²) in [6, 6.07) is 4.16. The van der Waals surface area contributed by atoms with Crippen molar-refractivity contribution in [2.24, 2.45) is 5.84 Å². The third kappa shape index (κ3) is 2.73. The smallest absolute Gasteiger partial charge is 0.237 e. The Labute approximate surface area is 118 Å². The molecule has 0 saturated heterocycles. The van der Waals surface area contributed by atoms with Gasteiger partial charge in [-0.1, -0.05) is 12.1 Å². The summed E-state index contributed by atoms with van der Waals surface area (Å²) in [5.41, 5.74) is 3.70. The first-order valence-corrected chi connectivity index (χ1v) is 6.23. The number of nitrogens with two attached hydrogens (primary N) is 1. The van der Waals surface area contributed by atoms with Gasteiger partial charge in [0.15, 0.2) is 0 Å². The molecule has 0 radical (unpaired) electrons. The Balaban J connectivity index is 2.53. The van der Waals surface area contributed by atoms with Crippen LogP contribution in [0, 0.1) is 5.82 Å². The number of hydrazine groups is 1. The molecule has 1 aromatic carbocycles. The average Bonchev–Trinajstić information content (AvgIpc) is 2.45. The molecule has 0 aliphatic rings. The standard InChI is InChI=1S/C12H12BrFN4O/c1-19-12-11(16-5-6-17-12)10(18-15)7-3-2-4-8(14)9(7)13/h2-6,10,18H,15H2,1H3. The molecule has 0 spiro atoms. The van der Waals surface area contributed by atoms with Gasteiger partial charge in [-0.25, -0.2) is 14.8 Å². The van der Waals surface area contributed by atoms with E-state index < -0.39 is 6.04 Å². The molecule has 2 rings (SSSR count). The highest BCUT2D eigenvalue weighted by atomic mass is 79.9. The highest BCUT2D eigenvalue weighted by Crippen LogP contribution is 2.31. The second-order valence-electron chi connectivity index (χ2n) is 3.69. The van der Waals surface area contributed by atoms with Gasteiger partial charge in [0.05, 0.1) is 17.6 Å². The van der Waals surface area contributed by atoms with Gasteiger partial charge in [-0.2, -0.15) is 0 Å². The molecule has 1 aromatic heterocycles. The van der Waals surface area contributed by atoms with Gasteiger partial charge in [-0.15, -0.1) is 0 Å². The summed E-state index contributed by atoms with van der Waals surface area (Å²) in [7, 11) is 1.49. The van der Waals surface area contributed by atoms with E-state index in [4.69, 9.17) is 10.6 Å². The second kappa shape index (κ2) is 6.05. The van der Waals surface area contributed by atoms with Gasteiger partial charge in [0, 0.05) is 12.4 Å². The van der Waals surface area contributed by atoms with Crippen LogP contribution >= 0.6 is 15.9 Å². The van der Waals surface area contributed by atoms with Crippen molar-refractivity contribution in [2.45, 2.75) is 6.04 Å². The zero-order valence-electron chi connectivity index (χ0n) is 10.1. The first kappa shape index (κ1) is 13.9. The first-order chi connectivity index (χ1) is 9.19. The van der Waals surface area contributed by atoms with Crippen LogP contribution in [0.3, 0.4) is 0 Å². The van der Waals surface area contributed by atoms with E-state index in [9.17, 15) is 4.39 Å². The molecule has 0 aliphatic heterocycles. The molecule has 0 saturated carbocycles. The molecule has 5 nitrogen and oxygen atoms in total. The number of hydrogen-bond donors (Lipinski definition) is 2. The maximum atomic E-state index is 13.6. The molecule has 19 heavy (non-hydrogen) atoms. The van der Waals surface area contributed by atoms with Gasteiger partial charge < -0.3 is 4.74 Å². The summed E-state index contributed by atoms with van der Waals surface area (Å²) in [5.74, 6) is 5.52. The third-order valence-corrected chi connectivity index (χ3v) is 3.45. The number of rotatable bonds is 4. The fourth-order valence-corrected chi connectivity index (χ4v) is 2.24. The second-order valence-corrected chi connectivity index (χ2v) is 4.49. The van der Waals surface area contributed by atoms with E-state index in [1.807, 2.05) is 0 Å². The van der Waals surface area contributed by atoms with Crippen LogP contribution in [0.5, 0.6) is 5.88 Å². The van der Waals surface area contributed by atoms with Crippen LogP contribution in [0.25, 0.3) is 0 Å². The zero-order chi connectivity index (χ0) is 13.8. The molecule has 0 fully saturated rings. The number of ether oxygens (including phenoxy) is 1. The van der Waals surface area contributed by atoms with Gasteiger partial charge in [0.25, 0.3) is 0 Å². The Morgan fingerprint density at radius 3 is 2.79 bits per heavy atom. The number of halogens is 2. The van der Waals surface area contributed by atoms with Crippen LogP contribution in [0.1, 0.15) is 17.3 Å². The van der Waals surface area contributed by atoms with Crippen molar-refractivity contribution in [1.82, 2.24) is 15.4 Å². The van der Waals surface area contributed by atoms with Crippen LogP contribution < -0.4 is 16.0 Å². The van der Waals surface area contributed by atoms with Crippen LogP contribution in [0.2, 0.25) is 0 Å². The minimum atomic E-state index is -0.534. The van der Waals surface area contributed by atoms with E-state index in [-0.39, 0.29) is 5.82 Å². The highest BCUT2D eigenvalue weighted by molar-refractivity contribution is 9.10. The largest absolute Gasteiger partial charge is 0.480 e. The number of methoxy groups -OCH3 is 1. The molecule has 1 unspecified atom stereocenters. The molecule has 7 heteroatoms. The number of benzene rings is 1. The normalized spacial score (nSPS) is 12.2. The van der Waals surface area contributed by atoms with E-state index in [1.165, 1.54) is 25.6 Å². The zero-order valence-corrected chi connectivity index (χ0v) is 11.7. The topological polar surface area (TPSA) is 73.1 Å². The molecule has 100 valence electrons. The van der Waals surface area contributed by atoms with E-state index in [0.717, 1.165) is 0 Å². The lowest BCUT2D eigenvalue weighted by molar-refractivity contribution is 0.382. The molecule has 3 N–H and O–H groups in total. The van der Waals surface area contributed by atoms with Gasteiger partial charge in [-0.3, -0.25) is 10.8 Å². The van der Waals surface area contributed by atoms with Crippen LogP contribution in [0.4, 0.5) is 4.39 Å². The van der Waals surface area contributed by atoms with E-state index in [2.05, 4.69) is 31.3 Å².